The third-order valence-electron chi connectivity index (χ3n) is 4.38. The first kappa shape index (κ1) is 22.5. The summed E-state index contributed by atoms with van der Waals surface area (Å²) in [5.74, 6) is 1.11. The van der Waals surface area contributed by atoms with Gasteiger partial charge in [0.25, 0.3) is 5.91 Å². The van der Waals surface area contributed by atoms with Gasteiger partial charge in [-0.2, -0.15) is 5.10 Å². The molecule has 1 aromatic carbocycles. The number of fused-ring (bicyclic) bond motifs is 1. The quantitative estimate of drug-likeness (QED) is 0.309. The number of thioether (sulfide) groups is 1. The van der Waals surface area contributed by atoms with E-state index in [2.05, 4.69) is 44.9 Å². The van der Waals surface area contributed by atoms with Gasteiger partial charge in [0, 0.05) is 18.7 Å². The number of aromatic nitrogens is 4. The minimum absolute atomic E-state index is 0.0852. The fourth-order valence-corrected chi connectivity index (χ4v) is 3.45. The Balaban J connectivity index is 1.57. The van der Waals surface area contributed by atoms with Crippen molar-refractivity contribution in [1.29, 1.82) is 0 Å². The molecule has 10 heteroatoms. The van der Waals surface area contributed by atoms with Crippen molar-refractivity contribution in [2.75, 3.05) is 30.7 Å². The smallest absolute Gasteiger partial charge is 0.251 e. The Morgan fingerprint density at radius 2 is 1.87 bits per heavy atom. The summed E-state index contributed by atoms with van der Waals surface area (Å²) in [6, 6.07) is 8.79. The van der Waals surface area contributed by atoms with Crippen molar-refractivity contribution in [3.8, 4) is 0 Å². The van der Waals surface area contributed by atoms with Crippen molar-refractivity contribution in [3.63, 3.8) is 0 Å². The minimum Gasteiger partial charge on any atom is -0.369 e. The highest BCUT2D eigenvalue weighted by Crippen LogP contribution is 2.24. The molecule has 164 valence electrons. The second-order valence-corrected chi connectivity index (χ2v) is 7.95. The van der Waals surface area contributed by atoms with Crippen molar-refractivity contribution in [2.45, 2.75) is 32.0 Å². The van der Waals surface area contributed by atoms with Gasteiger partial charge in [0.05, 0.1) is 24.7 Å². The summed E-state index contributed by atoms with van der Waals surface area (Å²) in [6.45, 7) is 5.72. The molecule has 2 amide bonds. The topological polar surface area (TPSA) is 114 Å². The highest BCUT2D eigenvalue weighted by molar-refractivity contribution is 7.99. The average molecular weight is 442 g/mol. The number of carbonyl (C=O) groups excluding carboxylic acids is 2. The Morgan fingerprint density at radius 1 is 1.06 bits per heavy atom. The summed E-state index contributed by atoms with van der Waals surface area (Å²) >= 11 is 1.57. The Kier molecular flexibility index (Phi) is 8.22. The van der Waals surface area contributed by atoms with Crippen LogP contribution in [0.3, 0.4) is 0 Å². The number of nitrogens with one attached hydrogen (secondary N) is 3. The van der Waals surface area contributed by atoms with Crippen LogP contribution in [0.25, 0.3) is 11.0 Å². The number of nitrogens with zero attached hydrogens (tertiary/aromatic N) is 4. The number of anilines is 1. The molecule has 0 unspecified atom stereocenters. The second-order valence-electron chi connectivity index (χ2n) is 6.72. The van der Waals surface area contributed by atoms with E-state index in [1.54, 1.807) is 46.9 Å². The van der Waals surface area contributed by atoms with Gasteiger partial charge >= 0.3 is 0 Å². The van der Waals surface area contributed by atoms with E-state index in [1.807, 2.05) is 6.07 Å². The van der Waals surface area contributed by atoms with Gasteiger partial charge < -0.3 is 16.0 Å². The van der Waals surface area contributed by atoms with Crippen LogP contribution in [0.1, 0.15) is 30.6 Å². The summed E-state index contributed by atoms with van der Waals surface area (Å²) in [7, 11) is 0. The van der Waals surface area contributed by atoms with Crippen molar-refractivity contribution in [3.05, 3.63) is 42.1 Å². The molecule has 3 N–H and O–H groups in total. The molecule has 3 rings (SSSR count). The third kappa shape index (κ3) is 6.17. The van der Waals surface area contributed by atoms with Crippen molar-refractivity contribution in [2.24, 2.45) is 0 Å². The van der Waals surface area contributed by atoms with Crippen molar-refractivity contribution < 1.29 is 9.59 Å². The molecule has 3 aromatic rings. The Bertz CT molecular complexity index is 1020. The maximum atomic E-state index is 12.1. The largest absolute Gasteiger partial charge is 0.369 e. The fraction of sp³-hybridized carbons (Fsp3) is 0.381. The summed E-state index contributed by atoms with van der Waals surface area (Å²) in [5.41, 5.74) is 1.25. The van der Waals surface area contributed by atoms with Crippen LogP contribution in [-0.2, 0) is 11.3 Å². The van der Waals surface area contributed by atoms with Gasteiger partial charge in [0.2, 0.25) is 5.91 Å². The molecule has 0 saturated carbocycles. The van der Waals surface area contributed by atoms with Crippen LogP contribution >= 0.6 is 11.8 Å². The van der Waals surface area contributed by atoms with Gasteiger partial charge in [-0.25, -0.2) is 14.6 Å². The molecule has 0 aliphatic heterocycles. The highest BCUT2D eigenvalue weighted by atomic mass is 32.2. The number of amides is 2. The van der Waals surface area contributed by atoms with E-state index in [1.165, 1.54) is 0 Å². The summed E-state index contributed by atoms with van der Waals surface area (Å²) in [6.07, 6.45) is 2.73. The summed E-state index contributed by atoms with van der Waals surface area (Å²) in [4.78, 5) is 33.3. The molecule has 0 aliphatic rings. The minimum atomic E-state index is -0.279. The van der Waals surface area contributed by atoms with Crippen LogP contribution in [0.4, 0.5) is 5.82 Å². The lowest BCUT2D eigenvalue weighted by Crippen LogP contribution is -2.38. The van der Waals surface area contributed by atoms with Gasteiger partial charge in [-0.3, -0.25) is 9.59 Å². The predicted octanol–water partition coefficient (Wildman–Crippen LogP) is 2.31. The van der Waals surface area contributed by atoms with Crippen LogP contribution in [-0.4, -0.2) is 56.9 Å². The molecular weight excluding hydrogens is 414 g/mol. The van der Waals surface area contributed by atoms with E-state index in [4.69, 9.17) is 0 Å². The fourth-order valence-electron chi connectivity index (χ4n) is 2.89. The average Bonchev–Trinajstić information content (AvgIpc) is 3.19. The van der Waals surface area contributed by atoms with Crippen LogP contribution in [0, 0.1) is 0 Å². The molecular formula is C21H27N7O2S. The molecule has 2 heterocycles. The Labute approximate surface area is 185 Å². The summed E-state index contributed by atoms with van der Waals surface area (Å²) < 4.78 is 1.76. The molecule has 0 atom stereocenters. The molecule has 0 fully saturated rings. The SMILES string of the molecule is CCCNc1nc(SCC)nc2c1cnn2CCNC(=O)CNC(=O)c1ccccc1. The molecule has 2 aromatic heterocycles. The van der Waals surface area contributed by atoms with Crippen LogP contribution in [0.2, 0.25) is 0 Å². The number of hydrogen-bond acceptors (Lipinski definition) is 7. The van der Waals surface area contributed by atoms with E-state index in [0.29, 0.717) is 23.8 Å². The maximum Gasteiger partial charge on any atom is 0.251 e. The standard InChI is InChI=1S/C21H27N7O2S/c1-3-10-23-18-16-13-25-28(19(16)27-21(26-18)31-4-2)12-11-22-17(29)14-24-20(30)15-8-6-5-7-9-15/h5-9,13H,3-4,10-12,14H2,1-2H3,(H,22,29)(H,24,30)(H,23,26,27). The van der Waals surface area contributed by atoms with Gasteiger partial charge in [-0.1, -0.05) is 43.8 Å². The Hall–Kier alpha value is -3.14. The molecule has 9 nitrogen and oxygen atoms in total. The normalized spacial score (nSPS) is 10.8. The molecule has 0 spiro atoms. The molecule has 31 heavy (non-hydrogen) atoms. The van der Waals surface area contributed by atoms with Gasteiger partial charge in [0.1, 0.15) is 5.82 Å². The van der Waals surface area contributed by atoms with Crippen molar-refractivity contribution >= 4 is 40.4 Å². The zero-order valence-electron chi connectivity index (χ0n) is 17.7. The highest BCUT2D eigenvalue weighted by Gasteiger charge is 2.13. The summed E-state index contributed by atoms with van der Waals surface area (Å²) in [5, 5.41) is 14.7. The van der Waals surface area contributed by atoms with Gasteiger partial charge in [0.15, 0.2) is 10.8 Å². The first-order valence-corrected chi connectivity index (χ1v) is 11.3. The zero-order chi connectivity index (χ0) is 22.1. The molecule has 0 aliphatic carbocycles. The van der Waals surface area contributed by atoms with E-state index >= 15 is 0 Å². The van der Waals surface area contributed by atoms with E-state index in [0.717, 1.165) is 35.6 Å². The molecule has 0 bridgehead atoms. The molecule has 0 radical (unpaired) electrons. The lowest BCUT2D eigenvalue weighted by atomic mass is 10.2. The van der Waals surface area contributed by atoms with E-state index in [-0.39, 0.29) is 18.4 Å². The first-order chi connectivity index (χ1) is 15.1. The van der Waals surface area contributed by atoms with Crippen LogP contribution in [0.5, 0.6) is 0 Å². The maximum absolute atomic E-state index is 12.1. The van der Waals surface area contributed by atoms with E-state index < -0.39 is 0 Å². The lowest BCUT2D eigenvalue weighted by Gasteiger charge is -2.09. The molecule has 0 saturated heterocycles. The predicted molar refractivity (Wildman–Crippen MR) is 122 cm³/mol. The number of rotatable bonds is 11. The van der Waals surface area contributed by atoms with Gasteiger partial charge in [-0.05, 0) is 24.3 Å². The van der Waals surface area contributed by atoms with E-state index in [9.17, 15) is 9.59 Å². The first-order valence-electron chi connectivity index (χ1n) is 10.3. The Morgan fingerprint density at radius 3 is 2.61 bits per heavy atom. The van der Waals surface area contributed by atoms with Crippen LogP contribution < -0.4 is 16.0 Å². The van der Waals surface area contributed by atoms with Gasteiger partial charge in [-0.15, -0.1) is 0 Å². The van der Waals surface area contributed by atoms with Crippen molar-refractivity contribution in [1.82, 2.24) is 30.4 Å². The number of carbonyl (C=O) groups is 2. The zero-order valence-corrected chi connectivity index (χ0v) is 18.5. The monoisotopic (exact) mass is 441 g/mol. The third-order valence-corrected chi connectivity index (χ3v) is 5.11. The van der Waals surface area contributed by atoms with Crippen LogP contribution in [0.15, 0.2) is 41.7 Å². The lowest BCUT2D eigenvalue weighted by molar-refractivity contribution is -0.120. The number of benzene rings is 1. The second kappa shape index (κ2) is 11.3. The number of hydrogen-bond donors (Lipinski definition) is 3.